The average molecular weight is 654 g/mol. The van der Waals surface area contributed by atoms with Gasteiger partial charge in [0.2, 0.25) is 0 Å². The van der Waals surface area contributed by atoms with Gasteiger partial charge in [-0.15, -0.1) is 0 Å². The lowest BCUT2D eigenvalue weighted by Gasteiger charge is -2.42. The molecule has 5 nitrogen and oxygen atoms in total. The van der Waals surface area contributed by atoms with Gasteiger partial charge in [0, 0.05) is 45.5 Å². The molecular formula is C46H31N5. The zero-order chi connectivity index (χ0) is 34.7. The number of hydrogen-bond acceptors (Lipinski definition) is 3. The van der Waals surface area contributed by atoms with Gasteiger partial charge < -0.3 is 9.47 Å². The second-order valence-corrected chi connectivity index (χ2v) is 13.5. The fourth-order valence-corrected chi connectivity index (χ4v) is 7.87. The minimum Gasteiger partial charge on any atom is -0.310 e. The molecule has 51 heavy (non-hydrogen) atoms. The van der Waals surface area contributed by atoms with E-state index in [2.05, 4.69) is 148 Å². The number of aromatic nitrogens is 2. The topological polar surface area (TPSA) is 49.2 Å². The van der Waals surface area contributed by atoms with Gasteiger partial charge in [-0.1, -0.05) is 92.7 Å². The summed E-state index contributed by atoms with van der Waals surface area (Å²) in [6.07, 6.45) is 3.81. The third-order valence-corrected chi connectivity index (χ3v) is 10.3. The van der Waals surface area contributed by atoms with Gasteiger partial charge in [-0.2, -0.15) is 5.26 Å². The summed E-state index contributed by atoms with van der Waals surface area (Å²) in [6, 6.07) is 50.7. The molecule has 240 valence electrons. The van der Waals surface area contributed by atoms with E-state index in [4.69, 9.17) is 6.57 Å². The molecule has 8 aromatic rings. The Morgan fingerprint density at radius 2 is 1.33 bits per heavy atom. The van der Waals surface area contributed by atoms with Crippen LogP contribution in [0.4, 0.5) is 22.7 Å². The number of pyridine rings is 1. The first-order chi connectivity index (χ1) is 25.0. The highest BCUT2D eigenvalue weighted by atomic mass is 15.2. The van der Waals surface area contributed by atoms with Gasteiger partial charge in [0.1, 0.15) is 0 Å². The molecule has 3 heterocycles. The number of benzene rings is 6. The van der Waals surface area contributed by atoms with E-state index >= 15 is 0 Å². The molecule has 2 aromatic heterocycles. The number of para-hydroxylation sites is 3. The van der Waals surface area contributed by atoms with Crippen LogP contribution in [0, 0.1) is 17.9 Å². The summed E-state index contributed by atoms with van der Waals surface area (Å²) < 4.78 is 2.34. The number of nitriles is 1. The molecule has 0 atom stereocenters. The Labute approximate surface area is 296 Å². The van der Waals surface area contributed by atoms with Crippen molar-refractivity contribution in [1.29, 1.82) is 5.26 Å². The summed E-state index contributed by atoms with van der Waals surface area (Å²) in [6.45, 7) is 12.5. The SMILES string of the molecule is [C-]#[N+]c1cc(C#N)ccc1-c1cccc(-c2cc(N3c4ccccc4C(C)(C)c4ccccc43)cc(-n3c4ccccc4c4cnccc43)c2)c1. The predicted octanol–water partition coefficient (Wildman–Crippen LogP) is 12.0. The van der Waals surface area contributed by atoms with E-state index in [1.54, 1.807) is 12.1 Å². The number of nitrogens with zero attached hydrogens (tertiary/aromatic N) is 5. The third-order valence-electron chi connectivity index (χ3n) is 10.3. The van der Waals surface area contributed by atoms with Crippen molar-refractivity contribution in [2.24, 2.45) is 0 Å². The van der Waals surface area contributed by atoms with Crippen molar-refractivity contribution in [1.82, 2.24) is 9.55 Å². The standard InChI is InChI=1S/C46H31N5/c1-46(2)39-14-5-8-17-44(39)51(45-18-9-6-15-40(45)46)35-26-33(31-11-10-12-32(24-31)36-20-19-30(28-47)23-41(36)48-3)25-34(27-35)50-42-16-7-4-13-37(42)38-29-49-22-21-43(38)50/h4-27,29H,1-2H3. The lowest BCUT2D eigenvalue weighted by atomic mass is 9.73. The van der Waals surface area contributed by atoms with Crippen LogP contribution in [0.2, 0.25) is 0 Å². The van der Waals surface area contributed by atoms with Crippen molar-refractivity contribution in [3.8, 4) is 34.0 Å². The van der Waals surface area contributed by atoms with E-state index in [9.17, 15) is 5.26 Å². The van der Waals surface area contributed by atoms with Crippen molar-refractivity contribution in [2.45, 2.75) is 19.3 Å². The minimum atomic E-state index is -0.181. The maximum Gasteiger partial charge on any atom is 0.196 e. The molecule has 0 amide bonds. The zero-order valence-corrected chi connectivity index (χ0v) is 28.2. The van der Waals surface area contributed by atoms with E-state index in [1.807, 2.05) is 30.6 Å². The van der Waals surface area contributed by atoms with Gasteiger partial charge in [0.15, 0.2) is 5.69 Å². The molecule has 0 radical (unpaired) electrons. The van der Waals surface area contributed by atoms with Gasteiger partial charge in [-0.25, -0.2) is 4.85 Å². The quantitative estimate of drug-likeness (QED) is 0.178. The Kier molecular flexibility index (Phi) is 6.85. The van der Waals surface area contributed by atoms with Gasteiger partial charge in [0.25, 0.3) is 0 Å². The van der Waals surface area contributed by atoms with Crippen molar-refractivity contribution in [3.05, 3.63) is 180 Å². The van der Waals surface area contributed by atoms with E-state index in [-0.39, 0.29) is 5.41 Å². The Hall–Kier alpha value is -6.95. The largest absolute Gasteiger partial charge is 0.310 e. The summed E-state index contributed by atoms with van der Waals surface area (Å²) in [5, 5.41) is 11.7. The van der Waals surface area contributed by atoms with Crippen LogP contribution in [0.3, 0.4) is 0 Å². The highest BCUT2D eigenvalue weighted by Gasteiger charge is 2.36. The first kappa shape index (κ1) is 30.1. The van der Waals surface area contributed by atoms with E-state index in [0.717, 1.165) is 66.8 Å². The second-order valence-electron chi connectivity index (χ2n) is 13.5. The maximum absolute atomic E-state index is 9.47. The number of fused-ring (bicyclic) bond motifs is 5. The Morgan fingerprint density at radius 1 is 0.647 bits per heavy atom. The van der Waals surface area contributed by atoms with E-state index in [1.165, 1.54) is 11.1 Å². The van der Waals surface area contributed by atoms with Gasteiger partial charge in [-0.3, -0.25) is 4.98 Å². The Bertz CT molecular complexity index is 2670. The number of anilines is 3. The summed E-state index contributed by atoms with van der Waals surface area (Å²) in [4.78, 5) is 10.7. The lowest BCUT2D eigenvalue weighted by molar-refractivity contribution is 0.632. The predicted molar refractivity (Wildman–Crippen MR) is 207 cm³/mol. The first-order valence-electron chi connectivity index (χ1n) is 17.0. The molecule has 1 aliphatic rings. The summed E-state index contributed by atoms with van der Waals surface area (Å²) in [7, 11) is 0. The van der Waals surface area contributed by atoms with Crippen LogP contribution in [-0.4, -0.2) is 9.55 Å². The molecule has 5 heteroatoms. The van der Waals surface area contributed by atoms with Crippen molar-refractivity contribution >= 4 is 44.6 Å². The van der Waals surface area contributed by atoms with Crippen LogP contribution in [-0.2, 0) is 5.41 Å². The molecule has 0 saturated heterocycles. The lowest BCUT2D eigenvalue weighted by Crippen LogP contribution is -2.30. The highest BCUT2D eigenvalue weighted by Crippen LogP contribution is 2.52. The van der Waals surface area contributed by atoms with Crippen molar-refractivity contribution in [2.75, 3.05) is 4.90 Å². The second kappa shape index (κ2) is 11.6. The molecule has 0 bridgehead atoms. The molecule has 0 aliphatic carbocycles. The molecule has 0 N–H and O–H groups in total. The first-order valence-corrected chi connectivity index (χ1v) is 17.0. The van der Waals surface area contributed by atoms with Crippen LogP contribution in [0.25, 0.3) is 54.6 Å². The highest BCUT2D eigenvalue weighted by molar-refractivity contribution is 6.09. The van der Waals surface area contributed by atoms with Crippen LogP contribution >= 0.6 is 0 Å². The number of hydrogen-bond donors (Lipinski definition) is 0. The minimum absolute atomic E-state index is 0.181. The van der Waals surface area contributed by atoms with Crippen LogP contribution in [0.5, 0.6) is 0 Å². The van der Waals surface area contributed by atoms with Gasteiger partial charge >= 0.3 is 0 Å². The summed E-state index contributed by atoms with van der Waals surface area (Å²) in [5.41, 5.74) is 13.7. The Morgan fingerprint density at radius 3 is 2.10 bits per heavy atom. The smallest absolute Gasteiger partial charge is 0.196 e. The van der Waals surface area contributed by atoms with Crippen LogP contribution in [0.1, 0.15) is 30.5 Å². The number of rotatable bonds is 4. The van der Waals surface area contributed by atoms with Gasteiger partial charge in [-0.05, 0) is 94.0 Å². The maximum atomic E-state index is 9.47. The van der Waals surface area contributed by atoms with E-state index < -0.39 is 0 Å². The zero-order valence-electron chi connectivity index (χ0n) is 28.2. The van der Waals surface area contributed by atoms with Crippen LogP contribution in [0.15, 0.2) is 152 Å². The molecule has 1 aliphatic heterocycles. The molecule has 9 rings (SSSR count). The monoisotopic (exact) mass is 653 g/mol. The third kappa shape index (κ3) is 4.71. The Balaban J connectivity index is 1.33. The van der Waals surface area contributed by atoms with Crippen molar-refractivity contribution in [3.63, 3.8) is 0 Å². The fourth-order valence-electron chi connectivity index (χ4n) is 7.87. The molecule has 6 aromatic carbocycles. The molecule has 0 spiro atoms. The molecule has 0 fully saturated rings. The summed E-state index contributed by atoms with van der Waals surface area (Å²) in [5.74, 6) is 0. The van der Waals surface area contributed by atoms with Crippen molar-refractivity contribution < 1.29 is 0 Å². The molecule has 0 saturated carbocycles. The van der Waals surface area contributed by atoms with E-state index in [0.29, 0.717) is 11.3 Å². The molecular weight excluding hydrogens is 623 g/mol. The van der Waals surface area contributed by atoms with Crippen LogP contribution < -0.4 is 4.90 Å². The fraction of sp³-hybridized carbons (Fsp3) is 0.0652. The summed E-state index contributed by atoms with van der Waals surface area (Å²) >= 11 is 0. The normalized spacial score (nSPS) is 13.0. The average Bonchev–Trinajstić information content (AvgIpc) is 3.52. The van der Waals surface area contributed by atoms with Gasteiger partial charge in [0.05, 0.1) is 35.0 Å². The molecule has 0 unspecified atom stereocenters.